The van der Waals surface area contributed by atoms with E-state index in [2.05, 4.69) is 12.6 Å². The minimum atomic E-state index is -0.387. The number of hydrogen-bond acceptors (Lipinski definition) is 3. The zero-order valence-corrected chi connectivity index (χ0v) is 12.1. The highest BCUT2D eigenvalue weighted by atomic mass is 32.1. The SMILES string of the molecule is COC(=O)C1CCC=CC1N(C(=O)S)c1ccccc1. The molecular weight excluding hydrogens is 274 g/mol. The van der Waals surface area contributed by atoms with E-state index < -0.39 is 0 Å². The largest absolute Gasteiger partial charge is 0.469 e. The van der Waals surface area contributed by atoms with Crippen LogP contribution in [0, 0.1) is 5.92 Å². The molecule has 0 radical (unpaired) electrons. The van der Waals surface area contributed by atoms with E-state index in [1.54, 1.807) is 0 Å². The monoisotopic (exact) mass is 291 g/mol. The van der Waals surface area contributed by atoms with Gasteiger partial charge in [0.25, 0.3) is 5.24 Å². The van der Waals surface area contributed by atoms with Crippen molar-refractivity contribution in [2.45, 2.75) is 18.9 Å². The number of rotatable bonds is 3. The van der Waals surface area contributed by atoms with Crippen LogP contribution in [0.25, 0.3) is 0 Å². The second-order valence-corrected chi connectivity index (χ2v) is 5.00. The van der Waals surface area contributed by atoms with Crippen LogP contribution in [-0.2, 0) is 9.53 Å². The molecule has 0 bridgehead atoms. The van der Waals surface area contributed by atoms with Crippen LogP contribution in [0.2, 0.25) is 0 Å². The molecule has 0 heterocycles. The molecule has 5 heteroatoms. The van der Waals surface area contributed by atoms with E-state index in [-0.39, 0.29) is 23.2 Å². The third-order valence-electron chi connectivity index (χ3n) is 3.43. The average Bonchev–Trinajstić information content (AvgIpc) is 2.48. The van der Waals surface area contributed by atoms with E-state index in [9.17, 15) is 9.59 Å². The van der Waals surface area contributed by atoms with Crippen molar-refractivity contribution >= 4 is 29.5 Å². The fraction of sp³-hybridized carbons (Fsp3) is 0.333. The second kappa shape index (κ2) is 6.61. The number of methoxy groups -OCH3 is 1. The Bertz CT molecular complexity index is 515. The van der Waals surface area contributed by atoms with Gasteiger partial charge in [0.15, 0.2) is 0 Å². The van der Waals surface area contributed by atoms with Crippen molar-refractivity contribution < 1.29 is 14.3 Å². The van der Waals surface area contributed by atoms with Gasteiger partial charge in [0, 0.05) is 5.69 Å². The quantitative estimate of drug-likeness (QED) is 0.529. The fourth-order valence-corrected chi connectivity index (χ4v) is 2.74. The Morgan fingerprint density at radius 1 is 1.30 bits per heavy atom. The van der Waals surface area contributed by atoms with Gasteiger partial charge >= 0.3 is 5.97 Å². The Balaban J connectivity index is 2.37. The highest BCUT2D eigenvalue weighted by molar-refractivity contribution is 7.96. The van der Waals surface area contributed by atoms with Crippen molar-refractivity contribution in [1.82, 2.24) is 0 Å². The predicted octanol–water partition coefficient (Wildman–Crippen LogP) is 3.05. The van der Waals surface area contributed by atoms with Crippen molar-refractivity contribution in [3.05, 3.63) is 42.5 Å². The summed E-state index contributed by atoms with van der Waals surface area (Å²) in [5, 5.41) is -0.387. The summed E-state index contributed by atoms with van der Waals surface area (Å²) in [6, 6.07) is 8.86. The molecule has 1 amide bonds. The van der Waals surface area contributed by atoms with Crippen molar-refractivity contribution in [3.8, 4) is 0 Å². The summed E-state index contributed by atoms with van der Waals surface area (Å²) in [6.45, 7) is 0. The lowest BCUT2D eigenvalue weighted by Crippen LogP contribution is -2.45. The number of para-hydroxylation sites is 1. The molecule has 0 aromatic heterocycles. The molecule has 20 heavy (non-hydrogen) atoms. The van der Waals surface area contributed by atoms with Gasteiger partial charge in [0.1, 0.15) is 0 Å². The van der Waals surface area contributed by atoms with Gasteiger partial charge in [-0.15, -0.1) is 0 Å². The lowest BCUT2D eigenvalue weighted by Gasteiger charge is -2.34. The van der Waals surface area contributed by atoms with Crippen LogP contribution >= 0.6 is 12.6 Å². The van der Waals surface area contributed by atoms with Crippen LogP contribution in [0.5, 0.6) is 0 Å². The first-order chi connectivity index (χ1) is 9.65. The number of esters is 1. The number of benzene rings is 1. The maximum absolute atomic E-state index is 11.9. The van der Waals surface area contributed by atoms with E-state index >= 15 is 0 Å². The van der Waals surface area contributed by atoms with Crippen molar-refractivity contribution in [1.29, 1.82) is 0 Å². The first-order valence-electron chi connectivity index (χ1n) is 6.47. The number of ether oxygens (including phenoxy) is 1. The number of nitrogens with zero attached hydrogens (tertiary/aromatic N) is 1. The van der Waals surface area contributed by atoms with Crippen LogP contribution in [-0.4, -0.2) is 24.4 Å². The van der Waals surface area contributed by atoms with E-state index in [4.69, 9.17) is 4.74 Å². The Kier molecular flexibility index (Phi) is 4.84. The Labute approximate surface area is 123 Å². The summed E-state index contributed by atoms with van der Waals surface area (Å²) in [7, 11) is 1.37. The zero-order valence-electron chi connectivity index (χ0n) is 11.2. The standard InChI is InChI=1S/C15H17NO3S/c1-19-14(17)12-9-5-6-10-13(12)16(15(18)20)11-7-3-2-4-8-11/h2-4,6-8,10,12-13H,5,9H2,1H3,(H,18,20). The molecule has 0 N–H and O–H groups in total. The zero-order chi connectivity index (χ0) is 14.5. The molecule has 0 spiro atoms. The highest BCUT2D eigenvalue weighted by Crippen LogP contribution is 2.29. The van der Waals surface area contributed by atoms with Crippen LogP contribution in [0.1, 0.15) is 12.8 Å². The van der Waals surface area contributed by atoms with Gasteiger partial charge < -0.3 is 4.74 Å². The van der Waals surface area contributed by atoms with Gasteiger partial charge in [-0.2, -0.15) is 0 Å². The normalized spacial score (nSPS) is 21.3. The first kappa shape index (κ1) is 14.7. The third-order valence-corrected chi connectivity index (χ3v) is 3.65. The maximum Gasteiger partial charge on any atom is 0.311 e. The van der Waals surface area contributed by atoms with Gasteiger partial charge in [-0.3, -0.25) is 14.5 Å². The molecule has 106 valence electrons. The molecule has 1 aromatic rings. The lowest BCUT2D eigenvalue weighted by molar-refractivity contribution is -0.146. The van der Waals surface area contributed by atoms with E-state index in [0.29, 0.717) is 6.42 Å². The van der Waals surface area contributed by atoms with Gasteiger partial charge in [-0.1, -0.05) is 43.0 Å². The number of hydrogen-bond donors (Lipinski definition) is 1. The molecule has 0 saturated heterocycles. The van der Waals surface area contributed by atoms with E-state index in [1.165, 1.54) is 12.0 Å². The second-order valence-electron chi connectivity index (χ2n) is 4.61. The number of allylic oxidation sites excluding steroid dienone is 1. The van der Waals surface area contributed by atoms with Crippen LogP contribution in [0.15, 0.2) is 42.5 Å². The summed E-state index contributed by atoms with van der Waals surface area (Å²) in [6.07, 6.45) is 5.33. The van der Waals surface area contributed by atoms with E-state index in [0.717, 1.165) is 12.1 Å². The number of anilines is 1. The van der Waals surface area contributed by atoms with Gasteiger partial charge in [0.2, 0.25) is 0 Å². The molecule has 1 aliphatic carbocycles. The van der Waals surface area contributed by atoms with Crippen LogP contribution in [0.4, 0.5) is 10.5 Å². The van der Waals surface area contributed by atoms with Crippen molar-refractivity contribution in [2.24, 2.45) is 5.92 Å². The molecule has 0 fully saturated rings. The molecule has 1 aromatic carbocycles. The predicted molar refractivity (Wildman–Crippen MR) is 81.0 cm³/mol. The molecule has 4 nitrogen and oxygen atoms in total. The summed E-state index contributed by atoms with van der Waals surface area (Å²) >= 11 is 3.95. The van der Waals surface area contributed by atoms with E-state index in [1.807, 2.05) is 42.5 Å². The highest BCUT2D eigenvalue weighted by Gasteiger charge is 2.35. The summed E-state index contributed by atoms with van der Waals surface area (Å²) in [5.74, 6) is -0.656. The Morgan fingerprint density at radius 2 is 2.00 bits per heavy atom. The summed E-state index contributed by atoms with van der Waals surface area (Å²) in [5.41, 5.74) is 0.720. The average molecular weight is 291 g/mol. The molecule has 2 unspecified atom stereocenters. The van der Waals surface area contributed by atoms with Gasteiger partial charge in [0.05, 0.1) is 19.1 Å². The Hall–Kier alpha value is -1.75. The first-order valence-corrected chi connectivity index (χ1v) is 6.91. The molecule has 1 aliphatic rings. The fourth-order valence-electron chi connectivity index (χ4n) is 2.49. The molecule has 0 aliphatic heterocycles. The molecule has 2 rings (SSSR count). The summed E-state index contributed by atoms with van der Waals surface area (Å²) < 4.78 is 4.85. The number of amides is 1. The van der Waals surface area contributed by atoms with Crippen LogP contribution in [0.3, 0.4) is 0 Å². The molecule has 2 atom stereocenters. The maximum atomic E-state index is 11.9. The van der Waals surface area contributed by atoms with Gasteiger partial charge in [-0.05, 0) is 25.0 Å². The number of thiol groups is 1. The minimum absolute atomic E-state index is 0.296. The van der Waals surface area contributed by atoms with Gasteiger partial charge in [-0.25, -0.2) is 0 Å². The summed E-state index contributed by atoms with van der Waals surface area (Å²) in [4.78, 5) is 25.3. The van der Waals surface area contributed by atoms with Crippen molar-refractivity contribution in [3.63, 3.8) is 0 Å². The molecule has 0 saturated carbocycles. The smallest absolute Gasteiger partial charge is 0.311 e. The minimum Gasteiger partial charge on any atom is -0.469 e. The van der Waals surface area contributed by atoms with Crippen LogP contribution < -0.4 is 4.90 Å². The Morgan fingerprint density at radius 3 is 2.60 bits per heavy atom. The molecular formula is C15H17NO3S. The third kappa shape index (κ3) is 3.04. The number of carbonyl (C=O) groups excluding carboxylic acids is 2. The number of carbonyl (C=O) groups is 2. The van der Waals surface area contributed by atoms with Crippen molar-refractivity contribution in [2.75, 3.05) is 12.0 Å². The topological polar surface area (TPSA) is 46.6 Å². The lowest BCUT2D eigenvalue weighted by atomic mass is 9.88.